The van der Waals surface area contributed by atoms with Gasteiger partial charge in [0.05, 0.1) is 12.6 Å². The number of carbonyl (C=O) groups is 1. The highest BCUT2D eigenvalue weighted by atomic mass is 19.3. The highest BCUT2D eigenvalue weighted by Crippen LogP contribution is 2.34. The third-order valence-corrected chi connectivity index (χ3v) is 3.83. The number of nitriles is 1. The Hall–Kier alpha value is -3.40. The van der Waals surface area contributed by atoms with Crippen molar-refractivity contribution in [1.29, 1.82) is 5.26 Å². The minimum atomic E-state index is -3.08. The van der Waals surface area contributed by atoms with Crippen LogP contribution >= 0.6 is 0 Å². The maximum atomic E-state index is 12.8. The molecule has 5 nitrogen and oxygen atoms in total. The topological polar surface area (TPSA) is 71.3 Å². The Morgan fingerprint density at radius 1 is 1.21 bits per heavy atom. The molecule has 1 amide bonds. The molecule has 0 bridgehead atoms. The molecule has 0 aliphatic carbocycles. The Labute approximate surface area is 162 Å². The Kier molecular flexibility index (Phi) is 7.52. The van der Waals surface area contributed by atoms with Crippen LogP contribution in [0.5, 0.6) is 11.5 Å². The number of carbonyl (C=O) groups excluding carboxylic acids is 1. The van der Waals surface area contributed by atoms with Crippen molar-refractivity contribution in [2.45, 2.75) is 26.5 Å². The predicted octanol–water partition coefficient (Wildman–Crippen LogP) is 4.47. The molecule has 146 valence electrons. The number of hydrogen-bond acceptors (Lipinski definition) is 4. The summed E-state index contributed by atoms with van der Waals surface area (Å²) < 4.78 is 35.5. The van der Waals surface area contributed by atoms with Crippen LogP contribution in [0.15, 0.2) is 54.1 Å². The summed E-state index contributed by atoms with van der Waals surface area (Å²) in [6.45, 7) is 0.649. The fraction of sp³-hybridized carbons (Fsp3) is 0.238. The molecule has 0 saturated heterocycles. The van der Waals surface area contributed by atoms with Gasteiger partial charge in [0.1, 0.15) is 11.6 Å². The highest BCUT2D eigenvalue weighted by molar-refractivity contribution is 6.02. The van der Waals surface area contributed by atoms with Crippen molar-refractivity contribution in [1.82, 2.24) is 5.32 Å². The van der Waals surface area contributed by atoms with Crippen molar-refractivity contribution in [3.8, 4) is 17.6 Å². The second-order valence-electron chi connectivity index (χ2n) is 5.76. The van der Waals surface area contributed by atoms with Crippen molar-refractivity contribution in [2.75, 3.05) is 6.61 Å². The molecule has 0 heterocycles. The molecule has 0 aliphatic rings. The maximum Gasteiger partial charge on any atom is 0.387 e. The first kappa shape index (κ1) is 20.9. The van der Waals surface area contributed by atoms with Crippen molar-refractivity contribution < 1.29 is 23.0 Å². The van der Waals surface area contributed by atoms with Gasteiger partial charge in [0.25, 0.3) is 5.91 Å². The number of rotatable bonds is 8. The summed E-state index contributed by atoms with van der Waals surface area (Å²) in [5, 5.41) is 12.1. The van der Waals surface area contributed by atoms with Gasteiger partial charge in [0.2, 0.25) is 0 Å². The average Bonchev–Trinajstić information content (AvgIpc) is 2.68. The monoisotopic (exact) mass is 386 g/mol. The minimum absolute atomic E-state index is 0.104. The van der Waals surface area contributed by atoms with Crippen LogP contribution in [0.1, 0.15) is 31.0 Å². The lowest BCUT2D eigenvalue weighted by molar-refractivity contribution is -0.117. The van der Waals surface area contributed by atoms with E-state index in [4.69, 9.17) is 4.74 Å². The number of alkyl halides is 2. The lowest BCUT2D eigenvalue weighted by atomic mass is 10.1. The van der Waals surface area contributed by atoms with Crippen LogP contribution in [0.4, 0.5) is 8.78 Å². The molecule has 0 saturated carbocycles. The number of amides is 1. The van der Waals surface area contributed by atoms with Crippen molar-refractivity contribution in [3.05, 3.63) is 65.2 Å². The zero-order chi connectivity index (χ0) is 20.5. The number of ether oxygens (including phenoxy) is 2. The van der Waals surface area contributed by atoms with Crippen LogP contribution in [0.2, 0.25) is 0 Å². The van der Waals surface area contributed by atoms with Gasteiger partial charge in [-0.05, 0) is 31.6 Å². The number of halogens is 2. The van der Waals surface area contributed by atoms with Gasteiger partial charge in [-0.3, -0.25) is 4.79 Å². The fourth-order valence-corrected chi connectivity index (χ4v) is 2.53. The van der Waals surface area contributed by atoms with Gasteiger partial charge >= 0.3 is 6.61 Å². The number of para-hydroxylation sites is 1. The summed E-state index contributed by atoms with van der Waals surface area (Å²) in [6.07, 6.45) is 1.20. The van der Waals surface area contributed by atoms with E-state index in [2.05, 4.69) is 10.1 Å². The number of nitrogens with one attached hydrogen (secondary N) is 1. The lowest BCUT2D eigenvalue weighted by Gasteiger charge is -2.15. The van der Waals surface area contributed by atoms with Gasteiger partial charge in [0.15, 0.2) is 11.5 Å². The first-order valence-corrected chi connectivity index (χ1v) is 8.64. The summed E-state index contributed by atoms with van der Waals surface area (Å²) in [5.41, 5.74) is 0.772. The predicted molar refractivity (Wildman–Crippen MR) is 101 cm³/mol. The van der Waals surface area contributed by atoms with Gasteiger partial charge in [-0.1, -0.05) is 42.5 Å². The third kappa shape index (κ3) is 5.55. The summed E-state index contributed by atoms with van der Waals surface area (Å²) in [6, 6.07) is 15.2. The second-order valence-corrected chi connectivity index (χ2v) is 5.76. The smallest absolute Gasteiger partial charge is 0.387 e. The lowest BCUT2D eigenvalue weighted by Crippen LogP contribution is -2.27. The van der Waals surface area contributed by atoms with Gasteiger partial charge in [-0.15, -0.1) is 0 Å². The van der Waals surface area contributed by atoms with E-state index in [1.54, 1.807) is 26.0 Å². The second kappa shape index (κ2) is 10.1. The summed E-state index contributed by atoms with van der Waals surface area (Å²) >= 11 is 0. The molecule has 28 heavy (non-hydrogen) atoms. The molecule has 7 heteroatoms. The molecule has 0 spiro atoms. The number of hydrogen-bond donors (Lipinski definition) is 1. The molecule has 2 aromatic carbocycles. The van der Waals surface area contributed by atoms with E-state index >= 15 is 0 Å². The Balaban J connectivity index is 2.31. The van der Waals surface area contributed by atoms with E-state index in [0.717, 1.165) is 5.56 Å². The molecule has 0 aromatic heterocycles. The highest BCUT2D eigenvalue weighted by Gasteiger charge is 2.18. The summed E-state index contributed by atoms with van der Waals surface area (Å²) in [4.78, 5) is 12.5. The maximum absolute atomic E-state index is 12.8. The van der Waals surface area contributed by atoms with Crippen LogP contribution in [-0.2, 0) is 4.79 Å². The van der Waals surface area contributed by atoms with Crippen LogP contribution in [0, 0.1) is 11.3 Å². The standard InChI is InChI=1S/C21H20F2N2O3/c1-3-27-18-11-7-10-16(19(18)28-21(22)23)12-17(13-24)20(26)25-14(2)15-8-5-4-6-9-15/h4-12,14,21H,3H2,1-2H3,(H,25,26)/b17-12+/t14-/m0/s1. The van der Waals surface area contributed by atoms with Gasteiger partial charge < -0.3 is 14.8 Å². The number of benzene rings is 2. The molecule has 1 N–H and O–H groups in total. The van der Waals surface area contributed by atoms with Crippen molar-refractivity contribution >= 4 is 12.0 Å². The molecular weight excluding hydrogens is 366 g/mol. The first-order chi connectivity index (χ1) is 13.5. The molecule has 2 aromatic rings. The van der Waals surface area contributed by atoms with Crippen molar-refractivity contribution in [2.24, 2.45) is 0 Å². The molecular formula is C21H20F2N2O3. The van der Waals surface area contributed by atoms with Crippen LogP contribution < -0.4 is 14.8 Å². The molecule has 1 atom stereocenters. The molecule has 2 rings (SSSR count). The van der Waals surface area contributed by atoms with E-state index in [-0.39, 0.29) is 35.3 Å². The van der Waals surface area contributed by atoms with E-state index in [1.807, 2.05) is 30.3 Å². The molecule has 0 aliphatic heterocycles. The zero-order valence-corrected chi connectivity index (χ0v) is 15.5. The van der Waals surface area contributed by atoms with E-state index < -0.39 is 12.5 Å². The van der Waals surface area contributed by atoms with Crippen LogP contribution in [-0.4, -0.2) is 19.1 Å². The molecule has 0 unspecified atom stereocenters. The number of nitrogens with zero attached hydrogens (tertiary/aromatic N) is 1. The summed E-state index contributed by atoms with van der Waals surface area (Å²) in [5.74, 6) is -0.744. The van der Waals surface area contributed by atoms with Crippen LogP contribution in [0.3, 0.4) is 0 Å². The largest absolute Gasteiger partial charge is 0.490 e. The zero-order valence-electron chi connectivity index (χ0n) is 15.5. The van der Waals surface area contributed by atoms with E-state index in [0.29, 0.717) is 0 Å². The van der Waals surface area contributed by atoms with Crippen molar-refractivity contribution in [3.63, 3.8) is 0 Å². The van der Waals surface area contributed by atoms with Gasteiger partial charge in [-0.25, -0.2) is 0 Å². The van der Waals surface area contributed by atoms with Gasteiger partial charge in [0, 0.05) is 5.56 Å². The Morgan fingerprint density at radius 3 is 2.54 bits per heavy atom. The quantitative estimate of drug-likeness (QED) is 0.537. The molecule has 0 fully saturated rings. The third-order valence-electron chi connectivity index (χ3n) is 3.83. The normalized spacial score (nSPS) is 12.2. The van der Waals surface area contributed by atoms with E-state index in [9.17, 15) is 18.8 Å². The van der Waals surface area contributed by atoms with Crippen LogP contribution in [0.25, 0.3) is 6.08 Å². The fourth-order valence-electron chi connectivity index (χ4n) is 2.53. The van der Waals surface area contributed by atoms with E-state index in [1.165, 1.54) is 18.2 Å². The Morgan fingerprint density at radius 2 is 1.93 bits per heavy atom. The van der Waals surface area contributed by atoms with Gasteiger partial charge in [-0.2, -0.15) is 14.0 Å². The molecule has 0 radical (unpaired) electrons. The SMILES string of the molecule is CCOc1cccc(/C=C(\C#N)C(=O)N[C@@H](C)c2ccccc2)c1OC(F)F. The Bertz CT molecular complexity index is 877. The summed E-state index contributed by atoms with van der Waals surface area (Å²) in [7, 11) is 0. The minimum Gasteiger partial charge on any atom is -0.490 e. The average molecular weight is 386 g/mol. The first-order valence-electron chi connectivity index (χ1n) is 8.64.